The minimum atomic E-state index is 0. The average molecular weight is 385 g/mol. The number of aliphatic imine (C=N–C) groups is 1. The lowest BCUT2D eigenvalue weighted by atomic mass is 10.0. The Hall–Kier alpha value is -0.780. The maximum absolute atomic E-state index is 5.99. The van der Waals surface area contributed by atoms with E-state index in [1.807, 2.05) is 6.07 Å². The van der Waals surface area contributed by atoms with E-state index in [1.165, 1.54) is 24.8 Å². The molecule has 1 aromatic carbocycles. The van der Waals surface area contributed by atoms with Crippen LogP contribution in [0.15, 0.2) is 29.3 Å². The van der Waals surface area contributed by atoms with Gasteiger partial charge in [-0.15, -0.1) is 24.0 Å². The topological polar surface area (TPSA) is 50.4 Å². The second kappa shape index (κ2) is 6.33. The Bertz CT molecular complexity index is 494. The minimum absolute atomic E-state index is 0. The van der Waals surface area contributed by atoms with Crippen molar-refractivity contribution >= 4 is 35.6 Å². The molecule has 2 saturated carbocycles. The zero-order valence-electron chi connectivity index (χ0n) is 12.2. The average Bonchev–Trinajstić information content (AvgIpc) is 3.22. The van der Waals surface area contributed by atoms with E-state index in [4.69, 9.17) is 5.73 Å². The maximum Gasteiger partial charge on any atom is 0.193 e. The Kier molecular flexibility index (Phi) is 4.94. The molecular weight excluding hydrogens is 361 g/mol. The van der Waals surface area contributed by atoms with E-state index < -0.39 is 0 Å². The molecule has 0 aromatic heterocycles. The number of nitrogens with one attached hydrogen (secondary N) is 1. The van der Waals surface area contributed by atoms with Gasteiger partial charge in [-0.1, -0.05) is 26.0 Å². The summed E-state index contributed by atoms with van der Waals surface area (Å²) in [6, 6.07) is 8.88. The van der Waals surface area contributed by atoms with Crippen LogP contribution in [0.2, 0.25) is 0 Å². The number of nitrogens with two attached hydrogens (primary N) is 1. The Morgan fingerprint density at radius 2 is 2.10 bits per heavy atom. The van der Waals surface area contributed by atoms with Crippen molar-refractivity contribution in [3.63, 3.8) is 0 Å². The van der Waals surface area contributed by atoms with Gasteiger partial charge in [0.1, 0.15) is 0 Å². The standard InChI is InChI=1S/C16H23N3.HI/c1-10(2)12-4-3-5-13(8-12)18-16(17)19-15-9-14(15)11-6-7-11;/h3-5,8,10-11,14-15H,6-7,9H2,1-2H3,(H3,17,18,19);1H/t14-,15+;/m0./s1. The lowest BCUT2D eigenvalue weighted by Gasteiger charge is -2.09. The SMILES string of the molecule is CC(C)c1cccc(NC(N)=N[C@@H]2C[C@H]2C2CC2)c1.I. The molecule has 0 radical (unpaired) electrons. The molecular formula is C16H24IN3. The molecule has 0 spiro atoms. The zero-order valence-corrected chi connectivity index (χ0v) is 14.5. The van der Waals surface area contributed by atoms with E-state index >= 15 is 0 Å². The number of anilines is 1. The molecule has 0 saturated heterocycles. The first-order chi connectivity index (χ1) is 9.13. The van der Waals surface area contributed by atoms with Crippen LogP contribution < -0.4 is 11.1 Å². The highest BCUT2D eigenvalue weighted by Gasteiger charge is 2.47. The molecule has 0 heterocycles. The largest absolute Gasteiger partial charge is 0.370 e. The van der Waals surface area contributed by atoms with Crippen molar-refractivity contribution in [2.75, 3.05) is 5.32 Å². The fraction of sp³-hybridized carbons (Fsp3) is 0.562. The van der Waals surface area contributed by atoms with Gasteiger partial charge in [0.2, 0.25) is 0 Å². The summed E-state index contributed by atoms with van der Waals surface area (Å²) in [6.45, 7) is 4.39. The van der Waals surface area contributed by atoms with Crippen molar-refractivity contribution in [3.05, 3.63) is 29.8 Å². The first-order valence-corrected chi connectivity index (χ1v) is 7.33. The molecule has 2 fully saturated rings. The number of hydrogen-bond acceptors (Lipinski definition) is 1. The molecule has 0 amide bonds. The van der Waals surface area contributed by atoms with Crippen molar-refractivity contribution in [2.45, 2.75) is 45.1 Å². The highest BCUT2D eigenvalue weighted by atomic mass is 127. The Balaban J connectivity index is 0.00000147. The van der Waals surface area contributed by atoms with Crippen LogP contribution in [0.4, 0.5) is 5.69 Å². The number of nitrogens with zero attached hydrogens (tertiary/aromatic N) is 1. The first kappa shape index (κ1) is 15.6. The van der Waals surface area contributed by atoms with E-state index in [2.05, 4.69) is 42.4 Å². The van der Waals surface area contributed by atoms with Crippen LogP contribution in [0.5, 0.6) is 0 Å². The van der Waals surface area contributed by atoms with Crippen molar-refractivity contribution < 1.29 is 0 Å². The van der Waals surface area contributed by atoms with E-state index in [0.717, 1.165) is 17.5 Å². The molecule has 3 rings (SSSR count). The van der Waals surface area contributed by atoms with Gasteiger partial charge < -0.3 is 11.1 Å². The van der Waals surface area contributed by atoms with Crippen LogP contribution in [-0.4, -0.2) is 12.0 Å². The summed E-state index contributed by atoms with van der Waals surface area (Å²) >= 11 is 0. The lowest BCUT2D eigenvalue weighted by Crippen LogP contribution is -2.23. The second-order valence-electron chi connectivity index (χ2n) is 6.22. The zero-order chi connectivity index (χ0) is 13.4. The molecule has 0 unspecified atom stereocenters. The van der Waals surface area contributed by atoms with E-state index in [-0.39, 0.29) is 24.0 Å². The van der Waals surface area contributed by atoms with Crippen LogP contribution in [0.1, 0.15) is 44.6 Å². The molecule has 2 aliphatic carbocycles. The van der Waals surface area contributed by atoms with Gasteiger partial charge in [0.15, 0.2) is 5.96 Å². The predicted octanol–water partition coefficient (Wildman–Crippen LogP) is 3.95. The number of guanidine groups is 1. The molecule has 2 atom stereocenters. The normalized spacial score (nSPS) is 25.2. The third kappa shape index (κ3) is 3.87. The van der Waals surface area contributed by atoms with Gasteiger partial charge in [0, 0.05) is 5.69 Å². The summed E-state index contributed by atoms with van der Waals surface area (Å²) in [5, 5.41) is 3.22. The minimum Gasteiger partial charge on any atom is -0.370 e. The van der Waals surface area contributed by atoms with Crippen LogP contribution in [-0.2, 0) is 0 Å². The van der Waals surface area contributed by atoms with Crippen molar-refractivity contribution in [2.24, 2.45) is 22.6 Å². The number of hydrogen-bond donors (Lipinski definition) is 2. The van der Waals surface area contributed by atoms with E-state index in [0.29, 0.717) is 17.9 Å². The van der Waals surface area contributed by atoms with Crippen molar-refractivity contribution in [3.8, 4) is 0 Å². The molecule has 0 aliphatic heterocycles. The highest BCUT2D eigenvalue weighted by molar-refractivity contribution is 14.0. The van der Waals surface area contributed by atoms with Gasteiger partial charge >= 0.3 is 0 Å². The van der Waals surface area contributed by atoms with Gasteiger partial charge in [-0.05, 0) is 54.7 Å². The highest BCUT2D eigenvalue weighted by Crippen LogP contribution is 2.51. The van der Waals surface area contributed by atoms with Crippen molar-refractivity contribution in [1.82, 2.24) is 0 Å². The van der Waals surface area contributed by atoms with Crippen LogP contribution in [0.25, 0.3) is 0 Å². The van der Waals surface area contributed by atoms with Crippen LogP contribution in [0.3, 0.4) is 0 Å². The molecule has 20 heavy (non-hydrogen) atoms. The lowest BCUT2D eigenvalue weighted by molar-refractivity contribution is 0.686. The maximum atomic E-state index is 5.99. The fourth-order valence-corrected chi connectivity index (χ4v) is 2.71. The smallest absolute Gasteiger partial charge is 0.193 e. The third-order valence-corrected chi connectivity index (χ3v) is 4.16. The quantitative estimate of drug-likeness (QED) is 0.469. The Morgan fingerprint density at radius 3 is 2.75 bits per heavy atom. The third-order valence-electron chi connectivity index (χ3n) is 4.16. The van der Waals surface area contributed by atoms with E-state index in [9.17, 15) is 0 Å². The Labute approximate surface area is 138 Å². The van der Waals surface area contributed by atoms with Gasteiger partial charge in [0.25, 0.3) is 0 Å². The number of benzene rings is 1. The van der Waals surface area contributed by atoms with Gasteiger partial charge in [-0.2, -0.15) is 0 Å². The molecule has 3 nitrogen and oxygen atoms in total. The number of rotatable bonds is 4. The summed E-state index contributed by atoms with van der Waals surface area (Å²) in [5.74, 6) is 2.87. The molecule has 4 heteroatoms. The molecule has 0 bridgehead atoms. The summed E-state index contributed by atoms with van der Waals surface area (Å²) in [6.07, 6.45) is 4.04. The molecule has 1 aromatic rings. The van der Waals surface area contributed by atoms with Crippen LogP contribution >= 0.6 is 24.0 Å². The summed E-state index contributed by atoms with van der Waals surface area (Å²) in [5.41, 5.74) is 8.35. The van der Waals surface area contributed by atoms with E-state index in [1.54, 1.807) is 0 Å². The second-order valence-corrected chi connectivity index (χ2v) is 6.22. The number of halogens is 1. The summed E-state index contributed by atoms with van der Waals surface area (Å²) in [7, 11) is 0. The van der Waals surface area contributed by atoms with Gasteiger partial charge in [0.05, 0.1) is 6.04 Å². The molecule has 3 N–H and O–H groups in total. The summed E-state index contributed by atoms with van der Waals surface area (Å²) in [4.78, 5) is 4.58. The summed E-state index contributed by atoms with van der Waals surface area (Å²) < 4.78 is 0. The molecule has 110 valence electrons. The van der Waals surface area contributed by atoms with Gasteiger partial charge in [-0.3, -0.25) is 0 Å². The monoisotopic (exact) mass is 385 g/mol. The first-order valence-electron chi connectivity index (χ1n) is 7.33. The van der Waals surface area contributed by atoms with Gasteiger partial charge in [-0.25, -0.2) is 4.99 Å². The Morgan fingerprint density at radius 1 is 1.35 bits per heavy atom. The van der Waals surface area contributed by atoms with Crippen molar-refractivity contribution in [1.29, 1.82) is 0 Å². The van der Waals surface area contributed by atoms with Crippen LogP contribution in [0, 0.1) is 11.8 Å². The predicted molar refractivity (Wildman–Crippen MR) is 95.8 cm³/mol. The fourth-order valence-electron chi connectivity index (χ4n) is 2.71. The molecule has 2 aliphatic rings.